The Kier molecular flexibility index (Phi) is 4.24. The van der Waals surface area contributed by atoms with Gasteiger partial charge in [0.05, 0.1) is 11.3 Å². The first kappa shape index (κ1) is 12.9. The zero-order chi connectivity index (χ0) is 13.0. The maximum atomic E-state index is 9.10. The summed E-state index contributed by atoms with van der Waals surface area (Å²) < 4.78 is 0.793. The van der Waals surface area contributed by atoms with Crippen LogP contribution < -0.4 is 5.32 Å². The molecule has 0 saturated carbocycles. The third-order valence-corrected chi connectivity index (χ3v) is 3.39. The van der Waals surface area contributed by atoms with E-state index in [0.29, 0.717) is 17.1 Å². The quantitative estimate of drug-likeness (QED) is 0.897. The lowest BCUT2D eigenvalue weighted by molar-refractivity contribution is 1.14. The van der Waals surface area contributed by atoms with Crippen LogP contribution in [0.1, 0.15) is 11.1 Å². The van der Waals surface area contributed by atoms with Gasteiger partial charge in [-0.1, -0.05) is 29.8 Å². The minimum absolute atomic E-state index is 0.611. The van der Waals surface area contributed by atoms with Gasteiger partial charge in [0, 0.05) is 16.0 Å². The van der Waals surface area contributed by atoms with Crippen LogP contribution in [0.25, 0.3) is 0 Å². The molecule has 2 aromatic carbocycles. The van der Waals surface area contributed by atoms with Crippen molar-refractivity contribution in [3.05, 3.63) is 63.1 Å². The Morgan fingerprint density at radius 3 is 2.72 bits per heavy atom. The fraction of sp³-hybridized carbons (Fsp3) is 0.0714. The summed E-state index contributed by atoms with van der Waals surface area (Å²) in [6, 6.07) is 15.4. The van der Waals surface area contributed by atoms with Gasteiger partial charge in [-0.15, -0.1) is 0 Å². The van der Waals surface area contributed by atoms with Crippen LogP contribution in [0.15, 0.2) is 46.9 Å². The number of halogens is 2. The second-order valence-electron chi connectivity index (χ2n) is 3.76. The molecule has 0 fully saturated rings. The second kappa shape index (κ2) is 5.90. The molecule has 0 amide bonds. The molecule has 0 aliphatic carbocycles. The predicted molar refractivity (Wildman–Crippen MR) is 77.6 cm³/mol. The zero-order valence-electron chi connectivity index (χ0n) is 9.45. The SMILES string of the molecule is N#Cc1c(Br)cccc1NCc1cccc(Cl)c1. The molecule has 0 bridgehead atoms. The van der Waals surface area contributed by atoms with Crippen LogP contribution in [-0.2, 0) is 6.54 Å². The van der Waals surface area contributed by atoms with Gasteiger partial charge in [0.1, 0.15) is 6.07 Å². The Labute approximate surface area is 119 Å². The van der Waals surface area contributed by atoms with Crippen LogP contribution in [0.4, 0.5) is 5.69 Å². The van der Waals surface area contributed by atoms with Crippen molar-refractivity contribution in [1.82, 2.24) is 0 Å². The number of hydrogen-bond donors (Lipinski definition) is 1. The van der Waals surface area contributed by atoms with E-state index in [1.807, 2.05) is 42.5 Å². The molecule has 0 aliphatic heterocycles. The maximum absolute atomic E-state index is 9.10. The predicted octanol–water partition coefficient (Wildman–Crippen LogP) is 4.59. The van der Waals surface area contributed by atoms with Crippen LogP contribution in [0.5, 0.6) is 0 Å². The first-order valence-electron chi connectivity index (χ1n) is 5.37. The van der Waals surface area contributed by atoms with Gasteiger partial charge >= 0.3 is 0 Å². The van der Waals surface area contributed by atoms with Gasteiger partial charge in [-0.3, -0.25) is 0 Å². The number of nitriles is 1. The molecule has 0 aromatic heterocycles. The van der Waals surface area contributed by atoms with E-state index in [0.717, 1.165) is 15.7 Å². The number of rotatable bonds is 3. The lowest BCUT2D eigenvalue weighted by Gasteiger charge is -2.09. The fourth-order valence-electron chi connectivity index (χ4n) is 1.63. The molecular weight excluding hydrogens is 312 g/mol. The Bertz CT molecular complexity index is 605. The van der Waals surface area contributed by atoms with Gasteiger partial charge < -0.3 is 5.32 Å². The normalized spacial score (nSPS) is 9.83. The number of nitrogens with one attached hydrogen (secondary N) is 1. The van der Waals surface area contributed by atoms with E-state index in [2.05, 4.69) is 27.3 Å². The summed E-state index contributed by atoms with van der Waals surface area (Å²) >= 11 is 9.28. The summed E-state index contributed by atoms with van der Waals surface area (Å²) in [6.07, 6.45) is 0. The second-order valence-corrected chi connectivity index (χ2v) is 5.05. The molecular formula is C14H10BrClN2. The van der Waals surface area contributed by atoms with Gasteiger partial charge in [-0.2, -0.15) is 5.26 Å². The van der Waals surface area contributed by atoms with Crippen LogP contribution >= 0.6 is 27.5 Å². The summed E-state index contributed by atoms with van der Waals surface area (Å²) in [5.74, 6) is 0. The number of hydrogen-bond acceptors (Lipinski definition) is 2. The Hall–Kier alpha value is -1.50. The molecule has 2 nitrogen and oxygen atoms in total. The first-order chi connectivity index (χ1) is 8.70. The summed E-state index contributed by atoms with van der Waals surface area (Å²) in [6.45, 7) is 0.631. The number of nitrogens with zero attached hydrogens (tertiary/aromatic N) is 1. The molecule has 90 valence electrons. The highest BCUT2D eigenvalue weighted by atomic mass is 79.9. The summed E-state index contributed by atoms with van der Waals surface area (Å²) in [5, 5.41) is 13.0. The molecule has 0 saturated heterocycles. The summed E-state index contributed by atoms with van der Waals surface area (Å²) in [4.78, 5) is 0. The molecule has 2 aromatic rings. The van der Waals surface area contributed by atoms with Crippen molar-refractivity contribution in [2.75, 3.05) is 5.32 Å². The van der Waals surface area contributed by atoms with Crippen molar-refractivity contribution < 1.29 is 0 Å². The molecule has 0 heterocycles. The smallest absolute Gasteiger partial charge is 0.103 e. The lowest BCUT2D eigenvalue weighted by Crippen LogP contribution is -2.01. The van der Waals surface area contributed by atoms with Crippen molar-refractivity contribution in [1.29, 1.82) is 5.26 Å². The van der Waals surface area contributed by atoms with E-state index in [1.165, 1.54) is 0 Å². The van der Waals surface area contributed by atoms with Gasteiger partial charge in [-0.05, 0) is 45.8 Å². The van der Waals surface area contributed by atoms with Crippen molar-refractivity contribution in [2.45, 2.75) is 6.54 Å². The van der Waals surface area contributed by atoms with Crippen LogP contribution in [0, 0.1) is 11.3 Å². The highest BCUT2D eigenvalue weighted by Gasteiger charge is 2.05. The monoisotopic (exact) mass is 320 g/mol. The van der Waals surface area contributed by atoms with E-state index in [1.54, 1.807) is 0 Å². The zero-order valence-corrected chi connectivity index (χ0v) is 11.8. The minimum atomic E-state index is 0.611. The molecule has 0 unspecified atom stereocenters. The molecule has 1 N–H and O–H groups in total. The van der Waals surface area contributed by atoms with Crippen LogP contribution in [-0.4, -0.2) is 0 Å². The fourth-order valence-corrected chi connectivity index (χ4v) is 2.30. The van der Waals surface area contributed by atoms with Gasteiger partial charge in [0.15, 0.2) is 0 Å². The first-order valence-corrected chi connectivity index (χ1v) is 6.55. The molecule has 18 heavy (non-hydrogen) atoms. The number of benzene rings is 2. The number of anilines is 1. The largest absolute Gasteiger partial charge is 0.380 e. The Balaban J connectivity index is 2.16. The lowest BCUT2D eigenvalue weighted by atomic mass is 10.1. The molecule has 0 radical (unpaired) electrons. The topological polar surface area (TPSA) is 35.8 Å². The van der Waals surface area contributed by atoms with Gasteiger partial charge in [0.25, 0.3) is 0 Å². The molecule has 4 heteroatoms. The molecule has 0 aliphatic rings. The average molecular weight is 322 g/mol. The van der Waals surface area contributed by atoms with E-state index >= 15 is 0 Å². The van der Waals surface area contributed by atoms with E-state index < -0.39 is 0 Å². The van der Waals surface area contributed by atoms with Crippen molar-refractivity contribution in [3.63, 3.8) is 0 Å². The molecule has 0 atom stereocenters. The third-order valence-electron chi connectivity index (χ3n) is 2.50. The Morgan fingerprint density at radius 2 is 2.00 bits per heavy atom. The van der Waals surface area contributed by atoms with Crippen LogP contribution in [0.3, 0.4) is 0 Å². The average Bonchev–Trinajstić information content (AvgIpc) is 2.36. The molecule has 2 rings (SSSR count). The Morgan fingerprint density at radius 1 is 1.22 bits per heavy atom. The minimum Gasteiger partial charge on any atom is -0.380 e. The maximum Gasteiger partial charge on any atom is 0.103 e. The summed E-state index contributed by atoms with van der Waals surface area (Å²) in [7, 11) is 0. The standard InChI is InChI=1S/C14H10BrClN2/c15-13-5-2-6-14(12(13)8-17)18-9-10-3-1-4-11(16)7-10/h1-7,18H,9H2. The van der Waals surface area contributed by atoms with Crippen molar-refractivity contribution >= 4 is 33.2 Å². The van der Waals surface area contributed by atoms with E-state index in [4.69, 9.17) is 16.9 Å². The van der Waals surface area contributed by atoms with Crippen molar-refractivity contribution in [2.24, 2.45) is 0 Å². The van der Waals surface area contributed by atoms with Gasteiger partial charge in [-0.25, -0.2) is 0 Å². The highest BCUT2D eigenvalue weighted by Crippen LogP contribution is 2.24. The van der Waals surface area contributed by atoms with E-state index in [-0.39, 0.29) is 0 Å². The van der Waals surface area contributed by atoms with Crippen LogP contribution in [0.2, 0.25) is 5.02 Å². The van der Waals surface area contributed by atoms with Gasteiger partial charge in [0.2, 0.25) is 0 Å². The third kappa shape index (κ3) is 3.04. The highest BCUT2D eigenvalue weighted by molar-refractivity contribution is 9.10. The van der Waals surface area contributed by atoms with Crippen molar-refractivity contribution in [3.8, 4) is 6.07 Å². The summed E-state index contributed by atoms with van der Waals surface area (Å²) in [5.41, 5.74) is 2.50. The van der Waals surface area contributed by atoms with E-state index in [9.17, 15) is 0 Å². The molecule has 0 spiro atoms.